The van der Waals surface area contributed by atoms with Crippen LogP contribution in [0.1, 0.15) is 37.5 Å². The molecule has 1 saturated carbocycles. The Labute approximate surface area is 202 Å². The molecule has 1 heterocycles. The van der Waals surface area contributed by atoms with Crippen molar-refractivity contribution in [3.05, 3.63) is 108 Å². The second kappa shape index (κ2) is 10.1. The summed E-state index contributed by atoms with van der Waals surface area (Å²) in [6, 6.07) is 25.8. The molecular formula is C28H24O7. The molecular weight excluding hydrogens is 448 g/mol. The molecule has 7 heteroatoms. The van der Waals surface area contributed by atoms with Crippen LogP contribution >= 0.6 is 0 Å². The summed E-state index contributed by atoms with van der Waals surface area (Å²) in [6.07, 6.45) is -1.69. The largest absolute Gasteiger partial charge is 0.462 e. The molecule has 2 aliphatic rings. The van der Waals surface area contributed by atoms with E-state index in [1.54, 1.807) is 84.9 Å². The maximum atomic E-state index is 12.9. The van der Waals surface area contributed by atoms with Crippen LogP contribution in [0.5, 0.6) is 0 Å². The SMILES string of the molecule is O=C(OCC1CC2OC2C(OC(=O)c2ccccc2)C1OC(=O)c1ccccc1)c1ccccc1. The zero-order chi connectivity index (χ0) is 24.2. The van der Waals surface area contributed by atoms with Gasteiger partial charge in [-0.15, -0.1) is 0 Å². The Balaban J connectivity index is 1.36. The van der Waals surface area contributed by atoms with Crippen molar-refractivity contribution < 1.29 is 33.3 Å². The Hall–Kier alpha value is -3.97. The van der Waals surface area contributed by atoms with Crippen molar-refractivity contribution in [3.8, 4) is 0 Å². The molecule has 35 heavy (non-hydrogen) atoms. The fourth-order valence-corrected chi connectivity index (χ4v) is 4.36. The normalized spacial score (nSPS) is 24.5. The number of fused-ring (bicyclic) bond motifs is 1. The smallest absolute Gasteiger partial charge is 0.338 e. The number of hydrogen-bond donors (Lipinski definition) is 0. The molecule has 178 valence electrons. The monoisotopic (exact) mass is 472 g/mol. The van der Waals surface area contributed by atoms with Crippen molar-refractivity contribution in [3.63, 3.8) is 0 Å². The molecule has 1 aliphatic carbocycles. The van der Waals surface area contributed by atoms with E-state index in [2.05, 4.69) is 0 Å². The van der Waals surface area contributed by atoms with Gasteiger partial charge in [0.15, 0.2) is 6.10 Å². The lowest BCUT2D eigenvalue weighted by Gasteiger charge is -2.34. The van der Waals surface area contributed by atoms with Gasteiger partial charge in [0.25, 0.3) is 0 Å². The maximum Gasteiger partial charge on any atom is 0.338 e. The number of hydrogen-bond acceptors (Lipinski definition) is 7. The molecule has 2 fully saturated rings. The van der Waals surface area contributed by atoms with Gasteiger partial charge in [0.2, 0.25) is 0 Å². The van der Waals surface area contributed by atoms with E-state index in [-0.39, 0.29) is 18.8 Å². The lowest BCUT2D eigenvalue weighted by atomic mass is 9.84. The van der Waals surface area contributed by atoms with Crippen molar-refractivity contribution in [2.45, 2.75) is 30.8 Å². The first-order valence-electron chi connectivity index (χ1n) is 11.5. The minimum Gasteiger partial charge on any atom is -0.462 e. The molecule has 5 unspecified atom stereocenters. The van der Waals surface area contributed by atoms with Crippen molar-refractivity contribution in [1.29, 1.82) is 0 Å². The van der Waals surface area contributed by atoms with Crippen molar-refractivity contribution in [2.24, 2.45) is 5.92 Å². The highest BCUT2D eigenvalue weighted by molar-refractivity contribution is 5.90. The van der Waals surface area contributed by atoms with Crippen molar-refractivity contribution in [2.75, 3.05) is 6.61 Å². The van der Waals surface area contributed by atoms with E-state index in [1.807, 2.05) is 6.07 Å². The van der Waals surface area contributed by atoms with E-state index in [9.17, 15) is 14.4 Å². The van der Waals surface area contributed by atoms with Gasteiger partial charge >= 0.3 is 17.9 Å². The second-order valence-corrected chi connectivity index (χ2v) is 8.57. The van der Waals surface area contributed by atoms with Gasteiger partial charge in [-0.1, -0.05) is 54.6 Å². The first-order chi connectivity index (χ1) is 17.1. The molecule has 0 spiro atoms. The summed E-state index contributed by atoms with van der Waals surface area (Å²) >= 11 is 0. The van der Waals surface area contributed by atoms with E-state index in [4.69, 9.17) is 18.9 Å². The summed E-state index contributed by atoms with van der Waals surface area (Å²) in [5, 5.41) is 0. The fourth-order valence-electron chi connectivity index (χ4n) is 4.36. The van der Waals surface area contributed by atoms with E-state index in [0.717, 1.165) is 0 Å². The lowest BCUT2D eigenvalue weighted by Crippen LogP contribution is -2.49. The number of epoxide rings is 1. The summed E-state index contributed by atoms with van der Waals surface area (Å²) in [6.45, 7) is -0.00751. The molecule has 5 atom stereocenters. The molecule has 0 amide bonds. The Morgan fingerprint density at radius 3 is 1.63 bits per heavy atom. The number of ether oxygens (including phenoxy) is 4. The van der Waals surface area contributed by atoms with Crippen LogP contribution in [0, 0.1) is 5.92 Å². The van der Waals surface area contributed by atoms with Crippen molar-refractivity contribution in [1.82, 2.24) is 0 Å². The quantitative estimate of drug-likeness (QED) is 0.291. The average Bonchev–Trinajstić information content (AvgIpc) is 3.69. The Bertz CT molecular complexity index is 1180. The van der Waals surface area contributed by atoms with Crippen LogP contribution in [-0.2, 0) is 18.9 Å². The first kappa shape index (κ1) is 22.8. The number of carbonyl (C=O) groups is 3. The highest BCUT2D eigenvalue weighted by atomic mass is 16.7. The minimum atomic E-state index is -0.845. The topological polar surface area (TPSA) is 91.4 Å². The molecule has 3 aromatic rings. The second-order valence-electron chi connectivity index (χ2n) is 8.57. The first-order valence-corrected chi connectivity index (χ1v) is 11.5. The van der Waals surface area contributed by atoms with Gasteiger partial charge < -0.3 is 18.9 Å². The summed E-state index contributed by atoms with van der Waals surface area (Å²) in [5.74, 6) is -1.97. The van der Waals surface area contributed by atoms with E-state index >= 15 is 0 Å². The third-order valence-electron chi connectivity index (χ3n) is 6.21. The Morgan fingerprint density at radius 2 is 1.11 bits per heavy atom. The molecule has 3 aromatic carbocycles. The van der Waals surface area contributed by atoms with Gasteiger partial charge in [0, 0.05) is 5.92 Å². The van der Waals surface area contributed by atoms with Gasteiger partial charge in [0.05, 0.1) is 29.4 Å². The predicted octanol–water partition coefficient (Wildman–Crippen LogP) is 4.08. The van der Waals surface area contributed by atoms with Gasteiger partial charge in [-0.25, -0.2) is 14.4 Å². The van der Waals surface area contributed by atoms with Crippen LogP contribution in [0.25, 0.3) is 0 Å². The van der Waals surface area contributed by atoms with Crippen LogP contribution in [-0.4, -0.2) is 48.9 Å². The Kier molecular flexibility index (Phi) is 6.59. The molecule has 1 aliphatic heterocycles. The number of carbonyl (C=O) groups excluding carboxylic acids is 3. The highest BCUT2D eigenvalue weighted by Gasteiger charge is 2.59. The van der Waals surface area contributed by atoms with E-state index in [1.165, 1.54) is 0 Å². The molecule has 0 aromatic heterocycles. The summed E-state index contributed by atoms with van der Waals surface area (Å²) < 4.78 is 23.0. The minimum absolute atomic E-state index is 0.00751. The van der Waals surface area contributed by atoms with Gasteiger partial charge in [-0.3, -0.25) is 0 Å². The summed E-state index contributed by atoms with van der Waals surface area (Å²) in [5.41, 5.74) is 1.18. The van der Waals surface area contributed by atoms with E-state index in [0.29, 0.717) is 23.1 Å². The van der Waals surface area contributed by atoms with Crippen LogP contribution in [0.4, 0.5) is 0 Å². The van der Waals surface area contributed by atoms with E-state index < -0.39 is 36.0 Å². The number of benzene rings is 3. The van der Waals surface area contributed by atoms with Crippen LogP contribution in [0.15, 0.2) is 91.0 Å². The predicted molar refractivity (Wildman–Crippen MR) is 125 cm³/mol. The summed E-state index contributed by atoms with van der Waals surface area (Å²) in [4.78, 5) is 38.3. The molecule has 0 bridgehead atoms. The van der Waals surface area contributed by atoms with Crippen LogP contribution in [0.3, 0.4) is 0 Å². The Morgan fingerprint density at radius 1 is 0.657 bits per heavy atom. The zero-order valence-corrected chi connectivity index (χ0v) is 18.8. The third kappa shape index (κ3) is 5.25. The molecule has 1 saturated heterocycles. The number of rotatable bonds is 7. The fraction of sp³-hybridized carbons (Fsp3) is 0.250. The van der Waals surface area contributed by atoms with Gasteiger partial charge in [-0.2, -0.15) is 0 Å². The van der Waals surface area contributed by atoms with Crippen molar-refractivity contribution >= 4 is 17.9 Å². The molecule has 7 nitrogen and oxygen atoms in total. The van der Waals surface area contributed by atoms with Gasteiger partial charge in [0.1, 0.15) is 12.2 Å². The lowest BCUT2D eigenvalue weighted by molar-refractivity contribution is -0.0792. The maximum absolute atomic E-state index is 12.9. The standard InChI is InChI=1S/C28H24O7/c29-26(18-10-4-1-5-11-18)32-17-21-16-22-24(33-22)25(35-28(31)20-14-8-3-9-15-20)23(21)34-27(30)19-12-6-2-7-13-19/h1-15,21-25H,16-17H2. The molecule has 0 radical (unpaired) electrons. The average molecular weight is 472 g/mol. The molecule has 0 N–H and O–H groups in total. The molecule has 5 rings (SSSR count). The van der Waals surface area contributed by atoms with Crippen LogP contribution < -0.4 is 0 Å². The van der Waals surface area contributed by atoms with Crippen LogP contribution in [0.2, 0.25) is 0 Å². The highest BCUT2D eigenvalue weighted by Crippen LogP contribution is 2.43. The number of esters is 3. The zero-order valence-electron chi connectivity index (χ0n) is 18.8. The summed E-state index contributed by atoms with van der Waals surface area (Å²) in [7, 11) is 0. The van der Waals surface area contributed by atoms with Gasteiger partial charge in [-0.05, 0) is 42.8 Å². The third-order valence-corrected chi connectivity index (χ3v) is 6.21.